The fourth-order valence-electron chi connectivity index (χ4n) is 2.28. The van der Waals surface area contributed by atoms with Crippen LogP contribution in [-0.2, 0) is 0 Å². The number of rotatable bonds is 2. The topological polar surface area (TPSA) is 15.8 Å². The van der Waals surface area contributed by atoms with E-state index in [1.165, 1.54) is 10.8 Å². The van der Waals surface area contributed by atoms with Crippen LogP contribution >= 0.6 is 0 Å². The number of hydrogen-bond acceptors (Lipinski definition) is 0. The van der Waals surface area contributed by atoms with Crippen molar-refractivity contribution in [2.24, 2.45) is 0 Å². The highest BCUT2D eigenvalue weighted by Gasteiger charge is 2.07. The van der Waals surface area contributed by atoms with Gasteiger partial charge < -0.3 is 4.98 Å². The fourth-order valence-corrected chi connectivity index (χ4v) is 2.28. The number of nitrogens with one attached hydrogen (secondary N) is 1. The van der Waals surface area contributed by atoms with Crippen LogP contribution < -0.4 is 0 Å². The molecule has 0 spiro atoms. The lowest BCUT2D eigenvalue weighted by Gasteiger charge is -2.00. The minimum Gasteiger partial charge on any atom is -0.354 e. The smallest absolute Gasteiger partial charge is 0.0538 e. The zero-order chi connectivity index (χ0) is 11.8. The summed E-state index contributed by atoms with van der Waals surface area (Å²) in [6, 6.07) is 12.6. The van der Waals surface area contributed by atoms with Crippen LogP contribution in [0.15, 0.2) is 49.6 Å². The molecule has 0 saturated carbocycles. The second-order valence-corrected chi connectivity index (χ2v) is 4.11. The molecule has 17 heavy (non-hydrogen) atoms. The number of H-pyrrole nitrogens is 1. The zero-order valence-corrected chi connectivity index (χ0v) is 9.53. The van der Waals surface area contributed by atoms with Crippen LogP contribution in [0.2, 0.25) is 0 Å². The SMILES string of the molecule is C=Cc1cc(C=C)c2[nH]c3ccccc3c2c1. The van der Waals surface area contributed by atoms with Gasteiger partial charge >= 0.3 is 0 Å². The van der Waals surface area contributed by atoms with Gasteiger partial charge in [-0.3, -0.25) is 0 Å². The van der Waals surface area contributed by atoms with Crippen LogP contribution in [0.4, 0.5) is 0 Å². The molecule has 0 radical (unpaired) electrons. The Morgan fingerprint density at radius 1 is 0.941 bits per heavy atom. The van der Waals surface area contributed by atoms with Gasteiger partial charge in [0.2, 0.25) is 0 Å². The third-order valence-electron chi connectivity index (χ3n) is 3.12. The molecule has 0 atom stereocenters. The van der Waals surface area contributed by atoms with Gasteiger partial charge in [-0.25, -0.2) is 0 Å². The fraction of sp³-hybridized carbons (Fsp3) is 0. The van der Waals surface area contributed by atoms with Gasteiger partial charge in [-0.15, -0.1) is 0 Å². The third kappa shape index (κ3) is 1.40. The van der Waals surface area contributed by atoms with E-state index in [1.807, 2.05) is 18.2 Å². The lowest BCUT2D eigenvalue weighted by molar-refractivity contribution is 1.53. The molecular formula is C16H13N. The maximum Gasteiger partial charge on any atom is 0.0538 e. The zero-order valence-electron chi connectivity index (χ0n) is 9.53. The predicted octanol–water partition coefficient (Wildman–Crippen LogP) is 4.61. The summed E-state index contributed by atoms with van der Waals surface area (Å²) in [7, 11) is 0. The number of fused-ring (bicyclic) bond motifs is 3. The summed E-state index contributed by atoms with van der Waals surface area (Å²) in [5, 5.41) is 2.47. The highest BCUT2D eigenvalue weighted by atomic mass is 14.7. The summed E-state index contributed by atoms with van der Waals surface area (Å²) in [6.07, 6.45) is 3.75. The maximum absolute atomic E-state index is 3.87. The molecule has 1 heteroatoms. The van der Waals surface area contributed by atoms with E-state index in [-0.39, 0.29) is 0 Å². The van der Waals surface area contributed by atoms with Gasteiger partial charge in [-0.05, 0) is 29.3 Å². The van der Waals surface area contributed by atoms with E-state index in [0.29, 0.717) is 0 Å². The summed E-state index contributed by atoms with van der Waals surface area (Å²) in [4.78, 5) is 3.44. The average Bonchev–Trinajstić information content (AvgIpc) is 2.76. The molecule has 0 unspecified atom stereocenters. The van der Waals surface area contributed by atoms with E-state index in [1.54, 1.807) is 0 Å². The number of hydrogen-bond donors (Lipinski definition) is 1. The Morgan fingerprint density at radius 3 is 2.53 bits per heavy atom. The standard InChI is InChI=1S/C16H13N/c1-3-11-9-12(4-2)16-14(10-11)13-7-5-6-8-15(13)17-16/h3-10,17H,1-2H2. The van der Waals surface area contributed by atoms with Gasteiger partial charge in [-0.2, -0.15) is 0 Å². The van der Waals surface area contributed by atoms with Crippen molar-refractivity contribution >= 4 is 34.0 Å². The van der Waals surface area contributed by atoms with Crippen molar-refractivity contribution in [3.8, 4) is 0 Å². The van der Waals surface area contributed by atoms with Gasteiger partial charge in [0.1, 0.15) is 0 Å². The average molecular weight is 219 g/mol. The lowest BCUT2D eigenvalue weighted by Crippen LogP contribution is -1.79. The van der Waals surface area contributed by atoms with Crippen LogP contribution in [0, 0.1) is 0 Å². The Balaban J connectivity index is 2.55. The molecule has 0 aliphatic heterocycles. The molecule has 0 fully saturated rings. The summed E-state index contributed by atoms with van der Waals surface area (Å²) >= 11 is 0. The second-order valence-electron chi connectivity index (χ2n) is 4.11. The van der Waals surface area contributed by atoms with Gasteiger partial charge in [-0.1, -0.05) is 43.5 Å². The van der Waals surface area contributed by atoms with Crippen molar-refractivity contribution in [2.75, 3.05) is 0 Å². The Bertz CT molecular complexity index is 732. The Morgan fingerprint density at radius 2 is 1.76 bits per heavy atom. The van der Waals surface area contributed by atoms with Gasteiger partial charge in [0.15, 0.2) is 0 Å². The quantitative estimate of drug-likeness (QED) is 0.648. The second kappa shape index (κ2) is 3.63. The minimum atomic E-state index is 1.12. The first-order chi connectivity index (χ1) is 8.33. The number of aromatic amines is 1. The normalized spacial score (nSPS) is 10.8. The number of benzene rings is 2. The van der Waals surface area contributed by atoms with Crippen LogP contribution in [0.1, 0.15) is 11.1 Å². The van der Waals surface area contributed by atoms with Crippen molar-refractivity contribution in [2.45, 2.75) is 0 Å². The molecular weight excluding hydrogens is 206 g/mol. The Hall–Kier alpha value is -2.28. The van der Waals surface area contributed by atoms with Crippen LogP contribution in [-0.4, -0.2) is 4.98 Å². The van der Waals surface area contributed by atoms with Gasteiger partial charge in [0.05, 0.1) is 5.52 Å². The van der Waals surface area contributed by atoms with E-state index in [0.717, 1.165) is 22.2 Å². The first-order valence-electron chi connectivity index (χ1n) is 5.63. The Labute approximate surface area is 100 Å². The molecule has 1 N–H and O–H groups in total. The van der Waals surface area contributed by atoms with E-state index < -0.39 is 0 Å². The first-order valence-corrected chi connectivity index (χ1v) is 5.63. The van der Waals surface area contributed by atoms with Gasteiger partial charge in [0.25, 0.3) is 0 Å². The number of aromatic nitrogens is 1. The molecule has 1 aromatic heterocycles. The van der Waals surface area contributed by atoms with Crippen molar-refractivity contribution in [3.63, 3.8) is 0 Å². The number of para-hydroxylation sites is 1. The molecule has 0 saturated heterocycles. The summed E-state index contributed by atoms with van der Waals surface area (Å²) in [5.74, 6) is 0. The summed E-state index contributed by atoms with van der Waals surface area (Å²) < 4.78 is 0. The first kappa shape index (κ1) is 9.91. The molecule has 0 amide bonds. The van der Waals surface area contributed by atoms with Crippen LogP contribution in [0.25, 0.3) is 34.0 Å². The van der Waals surface area contributed by atoms with Crippen LogP contribution in [0.3, 0.4) is 0 Å². The van der Waals surface area contributed by atoms with Crippen molar-refractivity contribution in [3.05, 3.63) is 60.7 Å². The molecule has 1 heterocycles. The predicted molar refractivity (Wildman–Crippen MR) is 76.0 cm³/mol. The molecule has 3 rings (SSSR count). The van der Waals surface area contributed by atoms with E-state index in [2.05, 4.69) is 48.5 Å². The van der Waals surface area contributed by atoms with E-state index in [4.69, 9.17) is 0 Å². The molecule has 0 bridgehead atoms. The molecule has 0 aliphatic carbocycles. The van der Waals surface area contributed by atoms with E-state index >= 15 is 0 Å². The highest BCUT2D eigenvalue weighted by molar-refractivity contribution is 6.10. The van der Waals surface area contributed by atoms with Crippen molar-refractivity contribution in [1.29, 1.82) is 0 Å². The van der Waals surface area contributed by atoms with Crippen LogP contribution in [0.5, 0.6) is 0 Å². The maximum atomic E-state index is 3.87. The summed E-state index contributed by atoms with van der Waals surface area (Å²) in [6.45, 7) is 7.71. The molecule has 0 aliphatic rings. The van der Waals surface area contributed by atoms with Gasteiger partial charge in [0, 0.05) is 16.3 Å². The van der Waals surface area contributed by atoms with Crippen molar-refractivity contribution < 1.29 is 0 Å². The molecule has 1 nitrogen and oxygen atoms in total. The van der Waals surface area contributed by atoms with E-state index in [9.17, 15) is 0 Å². The largest absolute Gasteiger partial charge is 0.354 e. The molecule has 2 aromatic carbocycles. The van der Waals surface area contributed by atoms with Crippen molar-refractivity contribution in [1.82, 2.24) is 4.98 Å². The monoisotopic (exact) mass is 219 g/mol. The molecule has 3 aromatic rings. The third-order valence-corrected chi connectivity index (χ3v) is 3.12. The Kier molecular flexibility index (Phi) is 2.12. The minimum absolute atomic E-state index is 1.12. The lowest BCUT2D eigenvalue weighted by atomic mass is 10.0. The highest BCUT2D eigenvalue weighted by Crippen LogP contribution is 2.29. The molecule has 82 valence electrons. The summed E-state index contributed by atoms with van der Waals surface area (Å²) in [5.41, 5.74) is 4.55.